The Kier molecular flexibility index (Phi) is 8.01. The van der Waals surface area contributed by atoms with Gasteiger partial charge in [-0.3, -0.25) is 4.55 Å². The highest BCUT2D eigenvalue weighted by Crippen LogP contribution is 2.18. The Bertz CT molecular complexity index is 856. The molecule has 0 radical (unpaired) electrons. The summed E-state index contributed by atoms with van der Waals surface area (Å²) >= 11 is 1.37. The van der Waals surface area contributed by atoms with Gasteiger partial charge in [0.1, 0.15) is 16.8 Å². The van der Waals surface area contributed by atoms with E-state index in [0.717, 1.165) is 16.9 Å². The van der Waals surface area contributed by atoms with Gasteiger partial charge in [0, 0.05) is 5.75 Å². The van der Waals surface area contributed by atoms with Gasteiger partial charge in [-0.2, -0.15) is 13.7 Å². The molecule has 0 bridgehead atoms. The van der Waals surface area contributed by atoms with Crippen molar-refractivity contribution in [3.05, 3.63) is 76.5 Å². The Morgan fingerprint density at radius 1 is 1.12 bits per heavy atom. The van der Waals surface area contributed by atoms with Crippen molar-refractivity contribution < 1.29 is 13.0 Å². The molecule has 0 aliphatic heterocycles. The van der Waals surface area contributed by atoms with Crippen molar-refractivity contribution in [2.24, 2.45) is 11.5 Å². The lowest BCUT2D eigenvalue weighted by Crippen LogP contribution is -2.05. The third kappa shape index (κ3) is 7.76. The van der Waals surface area contributed by atoms with Gasteiger partial charge >= 0.3 is 0 Å². The molecule has 2 aromatic carbocycles. The van der Waals surface area contributed by atoms with E-state index in [9.17, 15) is 8.42 Å². The number of benzene rings is 2. The average Bonchev–Trinajstić information content (AvgIpc) is 2.60. The molecule has 0 unspecified atom stereocenters. The smallest absolute Gasteiger partial charge is 0.294 e. The number of nitrogens with two attached hydrogens (primary N) is 2. The normalized spacial score (nSPS) is 11.6. The zero-order valence-electron chi connectivity index (χ0n) is 13.6. The zero-order chi connectivity index (χ0) is 18.9. The molecule has 0 aliphatic carbocycles. The van der Waals surface area contributed by atoms with Crippen LogP contribution in [0.4, 0.5) is 0 Å². The Morgan fingerprint density at radius 2 is 1.68 bits per heavy atom. The number of nitrogens with zero attached hydrogens (tertiary/aromatic N) is 1. The molecular weight excluding hydrogens is 358 g/mol. The Morgan fingerprint density at radius 3 is 2.16 bits per heavy atom. The second-order valence-corrected chi connectivity index (χ2v) is 7.39. The van der Waals surface area contributed by atoms with Crippen LogP contribution in [0.5, 0.6) is 0 Å². The van der Waals surface area contributed by atoms with Crippen molar-refractivity contribution in [1.82, 2.24) is 0 Å². The standard InChI is InChI=1S/C10H11N3S.C7H8O3S/c11-6-9(12)10(13)14-7-8-4-2-1-3-5-8;1-6-2-4-7(5-3-6)11(8,9)10/h1-5H,7,12-13H2;2-5H,1H3,(H,8,9,10)/b10-9-;. The number of nitriles is 1. The summed E-state index contributed by atoms with van der Waals surface area (Å²) in [6, 6.07) is 17.7. The van der Waals surface area contributed by atoms with Crippen LogP contribution in [0.15, 0.2) is 70.2 Å². The molecule has 0 saturated carbocycles. The van der Waals surface area contributed by atoms with Crippen molar-refractivity contribution in [2.45, 2.75) is 17.6 Å². The van der Waals surface area contributed by atoms with E-state index in [1.54, 1.807) is 12.1 Å². The lowest BCUT2D eigenvalue weighted by atomic mass is 10.2. The summed E-state index contributed by atoms with van der Waals surface area (Å²) in [5, 5.41) is 8.86. The van der Waals surface area contributed by atoms with Gasteiger partial charge in [-0.1, -0.05) is 48.0 Å². The Hall–Kier alpha value is -2.47. The van der Waals surface area contributed by atoms with Gasteiger partial charge in [0.25, 0.3) is 10.1 Å². The van der Waals surface area contributed by atoms with Crippen molar-refractivity contribution in [1.29, 1.82) is 5.26 Å². The minimum absolute atomic E-state index is 0.0666. The van der Waals surface area contributed by atoms with E-state index in [4.69, 9.17) is 21.3 Å². The molecule has 0 amide bonds. The molecule has 2 rings (SSSR count). The number of hydrogen-bond acceptors (Lipinski definition) is 6. The van der Waals surface area contributed by atoms with Crippen LogP contribution in [0.25, 0.3) is 0 Å². The monoisotopic (exact) mass is 377 g/mol. The van der Waals surface area contributed by atoms with Crippen molar-refractivity contribution in [3.8, 4) is 6.07 Å². The van der Waals surface area contributed by atoms with Gasteiger partial charge in [-0.05, 0) is 24.6 Å². The van der Waals surface area contributed by atoms with Crippen molar-refractivity contribution in [3.63, 3.8) is 0 Å². The third-order valence-electron chi connectivity index (χ3n) is 2.94. The van der Waals surface area contributed by atoms with Crippen molar-refractivity contribution >= 4 is 21.9 Å². The van der Waals surface area contributed by atoms with Crippen LogP contribution in [-0.2, 0) is 15.9 Å². The maximum absolute atomic E-state index is 10.5. The van der Waals surface area contributed by atoms with Gasteiger partial charge < -0.3 is 11.5 Å². The van der Waals surface area contributed by atoms with Crippen LogP contribution < -0.4 is 11.5 Å². The number of allylic oxidation sites excluding steroid dienone is 1. The first kappa shape index (κ1) is 20.6. The van der Waals surface area contributed by atoms with Crippen LogP contribution in [-0.4, -0.2) is 13.0 Å². The van der Waals surface area contributed by atoms with E-state index in [1.807, 2.05) is 43.3 Å². The summed E-state index contributed by atoms with van der Waals surface area (Å²) in [4.78, 5) is -0.0666. The highest BCUT2D eigenvalue weighted by molar-refractivity contribution is 8.02. The van der Waals surface area contributed by atoms with Crippen LogP contribution in [0.2, 0.25) is 0 Å². The number of aryl methyl sites for hydroxylation is 1. The molecule has 0 heterocycles. The van der Waals surface area contributed by atoms with Crippen LogP contribution in [0.3, 0.4) is 0 Å². The number of hydrogen-bond donors (Lipinski definition) is 3. The highest BCUT2D eigenvalue weighted by atomic mass is 32.2. The first-order chi connectivity index (χ1) is 11.7. The van der Waals surface area contributed by atoms with E-state index >= 15 is 0 Å². The fourth-order valence-corrected chi connectivity index (χ4v) is 2.77. The fourth-order valence-electron chi connectivity index (χ4n) is 1.58. The van der Waals surface area contributed by atoms with E-state index in [0.29, 0.717) is 5.03 Å². The summed E-state index contributed by atoms with van der Waals surface area (Å²) in [6.45, 7) is 1.84. The highest BCUT2D eigenvalue weighted by Gasteiger charge is 2.06. The maximum atomic E-state index is 10.5. The van der Waals surface area contributed by atoms with E-state index < -0.39 is 10.1 Å². The summed E-state index contributed by atoms with van der Waals surface area (Å²) < 4.78 is 29.6. The van der Waals surface area contributed by atoms with Gasteiger partial charge in [-0.25, -0.2) is 0 Å². The SMILES string of the molecule is Cc1ccc(S(=O)(=O)O)cc1.N#C/C(N)=C(\N)SCc1ccccc1. The third-order valence-corrected chi connectivity index (χ3v) is 4.82. The zero-order valence-corrected chi connectivity index (χ0v) is 15.2. The molecule has 8 heteroatoms. The first-order valence-corrected chi connectivity index (χ1v) is 9.53. The molecule has 5 N–H and O–H groups in total. The first-order valence-electron chi connectivity index (χ1n) is 7.10. The molecule has 6 nitrogen and oxygen atoms in total. The lowest BCUT2D eigenvalue weighted by molar-refractivity contribution is 0.483. The van der Waals surface area contributed by atoms with E-state index in [2.05, 4.69) is 0 Å². The molecule has 0 atom stereocenters. The Labute approximate surface area is 151 Å². The molecule has 0 saturated heterocycles. The van der Waals surface area contributed by atoms with E-state index in [-0.39, 0.29) is 10.6 Å². The largest absolute Gasteiger partial charge is 0.391 e. The molecule has 0 aromatic heterocycles. The van der Waals surface area contributed by atoms with Crippen LogP contribution in [0, 0.1) is 18.3 Å². The topological polar surface area (TPSA) is 130 Å². The summed E-state index contributed by atoms with van der Waals surface area (Å²) in [7, 11) is -4.02. The number of thioether (sulfide) groups is 1. The predicted molar refractivity (Wildman–Crippen MR) is 99.7 cm³/mol. The second kappa shape index (κ2) is 9.74. The second-order valence-electron chi connectivity index (χ2n) is 4.95. The Balaban J connectivity index is 0.000000257. The molecule has 0 spiro atoms. The average molecular weight is 377 g/mol. The molecule has 25 heavy (non-hydrogen) atoms. The van der Waals surface area contributed by atoms with Gasteiger partial charge in [0.2, 0.25) is 0 Å². The molecular formula is C17H19N3O3S2. The fraction of sp³-hybridized carbons (Fsp3) is 0.118. The van der Waals surface area contributed by atoms with Crippen molar-refractivity contribution in [2.75, 3.05) is 0 Å². The molecule has 132 valence electrons. The summed E-state index contributed by atoms with van der Waals surface area (Å²) in [6.07, 6.45) is 0. The number of rotatable bonds is 4. The van der Waals surface area contributed by atoms with Crippen LogP contribution >= 0.6 is 11.8 Å². The maximum Gasteiger partial charge on any atom is 0.294 e. The van der Waals surface area contributed by atoms with Gasteiger partial charge in [0.05, 0.1) is 4.90 Å². The van der Waals surface area contributed by atoms with Gasteiger partial charge in [-0.15, -0.1) is 11.8 Å². The van der Waals surface area contributed by atoms with E-state index in [1.165, 1.54) is 23.9 Å². The lowest BCUT2D eigenvalue weighted by Gasteiger charge is -2.01. The van der Waals surface area contributed by atoms with Gasteiger partial charge in [0.15, 0.2) is 0 Å². The van der Waals surface area contributed by atoms with Crippen LogP contribution in [0.1, 0.15) is 11.1 Å². The predicted octanol–water partition coefficient (Wildman–Crippen LogP) is 2.77. The molecule has 0 fully saturated rings. The minimum Gasteiger partial charge on any atom is -0.391 e. The quantitative estimate of drug-likeness (QED) is 0.551. The molecule has 2 aromatic rings. The summed E-state index contributed by atoms with van der Waals surface area (Å²) in [5.41, 5.74) is 13.1. The molecule has 0 aliphatic rings. The summed E-state index contributed by atoms with van der Waals surface area (Å²) in [5.74, 6) is 0.731. The minimum atomic E-state index is -4.02.